The molecule has 0 aliphatic carbocycles. The van der Waals surface area contributed by atoms with Crippen LogP contribution in [0.5, 0.6) is 0 Å². The predicted octanol–water partition coefficient (Wildman–Crippen LogP) is 1.10. The molecule has 0 saturated carbocycles. The van der Waals surface area contributed by atoms with Gasteiger partial charge in [0.25, 0.3) is 0 Å². The van der Waals surface area contributed by atoms with E-state index in [1.54, 1.807) is 0 Å². The standard InChI is InChI=1S/C15H19FN2O3/c1-17-6-8-18(9-7-17)13(15(20)21)10-14(19)11-2-4-12(16)5-3-11/h2-5,13H,6-10H2,1H3,(H,20,21). The lowest BCUT2D eigenvalue weighted by molar-refractivity contribution is -0.143. The number of Topliss-reactive ketones (excluding diaryl/α,β-unsaturated/α-hetero) is 1. The van der Waals surface area contributed by atoms with E-state index in [2.05, 4.69) is 4.90 Å². The van der Waals surface area contributed by atoms with E-state index in [1.165, 1.54) is 24.3 Å². The summed E-state index contributed by atoms with van der Waals surface area (Å²) in [6.07, 6.45) is -0.0926. The maximum Gasteiger partial charge on any atom is 0.321 e. The Morgan fingerprint density at radius 2 is 1.76 bits per heavy atom. The van der Waals surface area contributed by atoms with Crippen molar-refractivity contribution < 1.29 is 19.1 Å². The van der Waals surface area contributed by atoms with Gasteiger partial charge in [-0.3, -0.25) is 14.5 Å². The molecular weight excluding hydrogens is 275 g/mol. The Balaban J connectivity index is 2.04. The zero-order valence-corrected chi connectivity index (χ0v) is 12.0. The average molecular weight is 294 g/mol. The van der Waals surface area contributed by atoms with Crippen LogP contribution in [0.4, 0.5) is 4.39 Å². The van der Waals surface area contributed by atoms with Crippen molar-refractivity contribution in [2.24, 2.45) is 0 Å². The van der Waals surface area contributed by atoms with Crippen LogP contribution in [0.25, 0.3) is 0 Å². The maximum atomic E-state index is 12.9. The minimum absolute atomic E-state index is 0.0926. The van der Waals surface area contributed by atoms with Crippen molar-refractivity contribution >= 4 is 11.8 Å². The summed E-state index contributed by atoms with van der Waals surface area (Å²) in [5.74, 6) is -1.68. The first-order valence-electron chi connectivity index (χ1n) is 6.91. The molecule has 1 heterocycles. The number of ketones is 1. The lowest BCUT2D eigenvalue weighted by Gasteiger charge is -2.35. The molecule has 0 amide bonds. The van der Waals surface area contributed by atoms with Crippen molar-refractivity contribution in [1.29, 1.82) is 0 Å². The van der Waals surface area contributed by atoms with Crippen molar-refractivity contribution in [3.63, 3.8) is 0 Å². The first-order chi connectivity index (χ1) is 9.97. The van der Waals surface area contributed by atoms with Gasteiger partial charge in [0, 0.05) is 38.2 Å². The molecule has 1 aliphatic rings. The molecule has 1 aromatic rings. The number of likely N-dealkylation sites (N-methyl/N-ethyl adjacent to an activating group) is 1. The number of benzene rings is 1. The second-order valence-corrected chi connectivity index (χ2v) is 5.33. The van der Waals surface area contributed by atoms with Crippen molar-refractivity contribution in [1.82, 2.24) is 9.80 Å². The Kier molecular flexibility index (Phi) is 5.03. The molecule has 1 unspecified atom stereocenters. The third-order valence-electron chi connectivity index (χ3n) is 3.81. The van der Waals surface area contributed by atoms with Crippen molar-refractivity contribution in [2.75, 3.05) is 33.2 Å². The first kappa shape index (κ1) is 15.6. The van der Waals surface area contributed by atoms with Gasteiger partial charge < -0.3 is 10.0 Å². The smallest absolute Gasteiger partial charge is 0.321 e. The third-order valence-corrected chi connectivity index (χ3v) is 3.81. The molecule has 1 aliphatic heterocycles. The summed E-state index contributed by atoms with van der Waals surface area (Å²) >= 11 is 0. The fraction of sp³-hybridized carbons (Fsp3) is 0.467. The number of halogens is 1. The Bertz CT molecular complexity index is 510. The van der Waals surface area contributed by atoms with E-state index >= 15 is 0 Å². The zero-order chi connectivity index (χ0) is 15.4. The monoisotopic (exact) mass is 294 g/mol. The Labute approximate surface area is 123 Å². The van der Waals surface area contributed by atoms with Crippen LogP contribution in [0.1, 0.15) is 16.8 Å². The summed E-state index contributed by atoms with van der Waals surface area (Å²) in [5.41, 5.74) is 0.344. The van der Waals surface area contributed by atoms with Crippen molar-refractivity contribution in [2.45, 2.75) is 12.5 Å². The van der Waals surface area contributed by atoms with Crippen molar-refractivity contribution in [3.8, 4) is 0 Å². The van der Waals surface area contributed by atoms with Crippen LogP contribution < -0.4 is 0 Å². The van der Waals surface area contributed by atoms with E-state index in [4.69, 9.17) is 0 Å². The van der Waals surface area contributed by atoms with E-state index in [9.17, 15) is 19.1 Å². The summed E-state index contributed by atoms with van der Waals surface area (Å²) in [4.78, 5) is 27.5. The second-order valence-electron chi connectivity index (χ2n) is 5.33. The van der Waals surface area contributed by atoms with Crippen LogP contribution in [0.2, 0.25) is 0 Å². The summed E-state index contributed by atoms with van der Waals surface area (Å²) in [5, 5.41) is 9.36. The molecule has 1 fully saturated rings. The van der Waals surface area contributed by atoms with E-state index < -0.39 is 17.8 Å². The van der Waals surface area contributed by atoms with Gasteiger partial charge in [-0.2, -0.15) is 0 Å². The minimum atomic E-state index is -0.991. The van der Waals surface area contributed by atoms with Gasteiger partial charge in [-0.15, -0.1) is 0 Å². The number of rotatable bonds is 5. The van der Waals surface area contributed by atoms with Crippen LogP contribution in [-0.4, -0.2) is 65.9 Å². The summed E-state index contributed by atoms with van der Waals surface area (Å²) in [6, 6.07) is 4.37. The number of carbonyl (C=O) groups is 2. The van der Waals surface area contributed by atoms with Gasteiger partial charge >= 0.3 is 5.97 Å². The number of carbonyl (C=O) groups excluding carboxylic acids is 1. The van der Waals surface area contributed by atoms with E-state index in [0.29, 0.717) is 18.7 Å². The van der Waals surface area contributed by atoms with Gasteiger partial charge in [0.05, 0.1) is 0 Å². The van der Waals surface area contributed by atoms with E-state index in [0.717, 1.165) is 13.1 Å². The predicted molar refractivity (Wildman–Crippen MR) is 75.8 cm³/mol. The molecule has 0 spiro atoms. The van der Waals surface area contributed by atoms with Gasteiger partial charge in [0.15, 0.2) is 5.78 Å². The molecule has 5 nitrogen and oxygen atoms in total. The summed E-state index contributed by atoms with van der Waals surface area (Å²) < 4.78 is 12.9. The number of piperazine rings is 1. The SMILES string of the molecule is CN1CCN(C(CC(=O)c2ccc(F)cc2)C(=O)O)CC1. The molecule has 1 saturated heterocycles. The highest BCUT2D eigenvalue weighted by Crippen LogP contribution is 2.13. The molecule has 0 radical (unpaired) electrons. The van der Waals surface area contributed by atoms with Crippen LogP contribution >= 0.6 is 0 Å². The number of hydrogen-bond donors (Lipinski definition) is 1. The van der Waals surface area contributed by atoms with Crippen LogP contribution in [0.15, 0.2) is 24.3 Å². The quantitative estimate of drug-likeness (QED) is 0.824. The Morgan fingerprint density at radius 3 is 2.29 bits per heavy atom. The van der Waals surface area contributed by atoms with Gasteiger partial charge in [0.1, 0.15) is 11.9 Å². The lowest BCUT2D eigenvalue weighted by atomic mass is 10.0. The number of nitrogens with zero attached hydrogens (tertiary/aromatic N) is 2. The fourth-order valence-electron chi connectivity index (χ4n) is 2.44. The Hall–Kier alpha value is -1.79. The minimum Gasteiger partial charge on any atom is -0.480 e. The average Bonchev–Trinajstić information content (AvgIpc) is 2.46. The van der Waals surface area contributed by atoms with Crippen LogP contribution in [0.3, 0.4) is 0 Å². The highest BCUT2D eigenvalue weighted by Gasteiger charge is 2.30. The molecule has 0 bridgehead atoms. The highest BCUT2D eigenvalue weighted by atomic mass is 19.1. The fourth-order valence-corrected chi connectivity index (χ4v) is 2.44. The molecule has 6 heteroatoms. The van der Waals surface area contributed by atoms with Gasteiger partial charge in [-0.05, 0) is 31.3 Å². The molecular formula is C15H19FN2O3. The number of aliphatic carboxylic acids is 1. The maximum absolute atomic E-state index is 12.9. The Morgan fingerprint density at radius 1 is 1.19 bits per heavy atom. The second kappa shape index (κ2) is 6.78. The molecule has 1 N–H and O–H groups in total. The first-order valence-corrected chi connectivity index (χ1v) is 6.91. The van der Waals surface area contributed by atoms with Crippen molar-refractivity contribution in [3.05, 3.63) is 35.6 Å². The van der Waals surface area contributed by atoms with Crippen LogP contribution in [-0.2, 0) is 4.79 Å². The molecule has 1 aromatic carbocycles. The highest BCUT2D eigenvalue weighted by molar-refractivity contribution is 5.98. The molecule has 2 rings (SSSR count). The molecule has 21 heavy (non-hydrogen) atoms. The van der Waals surface area contributed by atoms with E-state index in [1.807, 2.05) is 11.9 Å². The number of carboxylic acid groups (broad SMARTS) is 1. The van der Waals surface area contributed by atoms with Gasteiger partial charge in [-0.25, -0.2) is 4.39 Å². The number of hydrogen-bond acceptors (Lipinski definition) is 4. The largest absolute Gasteiger partial charge is 0.480 e. The third kappa shape index (κ3) is 4.09. The molecule has 0 aromatic heterocycles. The topological polar surface area (TPSA) is 60.9 Å². The van der Waals surface area contributed by atoms with Gasteiger partial charge in [0.2, 0.25) is 0 Å². The summed E-state index contributed by atoms with van der Waals surface area (Å²) in [7, 11) is 1.98. The van der Waals surface area contributed by atoms with E-state index in [-0.39, 0.29) is 12.2 Å². The summed E-state index contributed by atoms with van der Waals surface area (Å²) in [6.45, 7) is 2.83. The van der Waals surface area contributed by atoms with Crippen LogP contribution in [0, 0.1) is 5.82 Å². The zero-order valence-electron chi connectivity index (χ0n) is 12.0. The van der Waals surface area contributed by atoms with Gasteiger partial charge in [-0.1, -0.05) is 0 Å². The molecule has 114 valence electrons. The molecule has 1 atom stereocenters. The number of carboxylic acids is 1. The lowest BCUT2D eigenvalue weighted by Crippen LogP contribution is -2.52. The normalized spacial score (nSPS) is 18.4.